The highest BCUT2D eigenvalue weighted by Crippen LogP contribution is 2.51. The quantitative estimate of drug-likeness (QED) is 0.490. The molecule has 0 unspecified atom stereocenters. The second-order valence-corrected chi connectivity index (χ2v) is 7.45. The number of thioether (sulfide) groups is 1. The summed E-state index contributed by atoms with van der Waals surface area (Å²) in [6.45, 7) is 2.00. The van der Waals surface area contributed by atoms with E-state index in [0.717, 1.165) is 16.7 Å². The SMILES string of the molecule is Cc1nnc(SC2c3ccccc3-c3ccccc32)n1-c1ccccc1. The molecule has 0 saturated carbocycles. The number of fused-ring (bicyclic) bond motifs is 3. The van der Waals surface area contributed by atoms with Gasteiger partial charge in [0.05, 0.1) is 5.25 Å². The maximum absolute atomic E-state index is 4.48. The van der Waals surface area contributed by atoms with Gasteiger partial charge in [-0.05, 0) is 41.3 Å². The molecule has 1 heterocycles. The van der Waals surface area contributed by atoms with Crippen molar-refractivity contribution in [1.29, 1.82) is 0 Å². The molecule has 0 bridgehead atoms. The zero-order valence-electron chi connectivity index (χ0n) is 14.3. The van der Waals surface area contributed by atoms with Crippen LogP contribution in [0.15, 0.2) is 84.0 Å². The molecule has 0 fully saturated rings. The highest BCUT2D eigenvalue weighted by molar-refractivity contribution is 7.99. The molecular formula is C22H17N3S. The van der Waals surface area contributed by atoms with E-state index in [1.54, 1.807) is 11.8 Å². The lowest BCUT2D eigenvalue weighted by Crippen LogP contribution is -2.01. The molecule has 5 rings (SSSR count). The molecule has 0 radical (unpaired) electrons. The van der Waals surface area contributed by atoms with E-state index in [2.05, 4.69) is 75.4 Å². The average Bonchev–Trinajstić information content (AvgIpc) is 3.22. The van der Waals surface area contributed by atoms with Crippen LogP contribution < -0.4 is 0 Å². The summed E-state index contributed by atoms with van der Waals surface area (Å²) in [5, 5.41) is 9.97. The number of para-hydroxylation sites is 1. The Bertz CT molecular complexity index is 1040. The van der Waals surface area contributed by atoms with Crippen molar-refractivity contribution < 1.29 is 0 Å². The monoisotopic (exact) mass is 355 g/mol. The van der Waals surface area contributed by atoms with E-state index in [1.807, 2.05) is 25.1 Å². The Balaban J connectivity index is 1.62. The maximum atomic E-state index is 4.48. The van der Waals surface area contributed by atoms with Gasteiger partial charge in [0.2, 0.25) is 0 Å². The van der Waals surface area contributed by atoms with E-state index in [-0.39, 0.29) is 5.25 Å². The van der Waals surface area contributed by atoms with Gasteiger partial charge in [-0.1, -0.05) is 78.5 Å². The minimum Gasteiger partial charge on any atom is -0.274 e. The number of aryl methyl sites for hydroxylation is 1. The zero-order valence-corrected chi connectivity index (χ0v) is 15.1. The van der Waals surface area contributed by atoms with Crippen molar-refractivity contribution in [3.05, 3.63) is 95.8 Å². The number of rotatable bonds is 3. The number of aromatic nitrogens is 3. The van der Waals surface area contributed by atoms with Crippen LogP contribution in [0.5, 0.6) is 0 Å². The van der Waals surface area contributed by atoms with Crippen molar-refractivity contribution >= 4 is 11.8 Å². The fraction of sp³-hybridized carbons (Fsp3) is 0.0909. The smallest absolute Gasteiger partial charge is 0.196 e. The maximum Gasteiger partial charge on any atom is 0.196 e. The molecule has 0 N–H and O–H groups in total. The molecule has 0 atom stereocenters. The molecule has 3 nitrogen and oxygen atoms in total. The van der Waals surface area contributed by atoms with Gasteiger partial charge in [-0.3, -0.25) is 4.57 Å². The normalized spacial score (nSPS) is 12.8. The molecule has 3 aromatic carbocycles. The third kappa shape index (κ3) is 2.37. The second kappa shape index (κ2) is 6.15. The Labute approximate surface area is 156 Å². The summed E-state index contributed by atoms with van der Waals surface area (Å²) < 4.78 is 2.13. The predicted octanol–water partition coefficient (Wildman–Crippen LogP) is 5.44. The molecule has 4 aromatic rings. The first kappa shape index (κ1) is 15.4. The molecule has 126 valence electrons. The number of benzene rings is 3. The Morgan fingerprint density at radius 2 is 1.31 bits per heavy atom. The fourth-order valence-electron chi connectivity index (χ4n) is 3.64. The van der Waals surface area contributed by atoms with Crippen LogP contribution in [0.25, 0.3) is 16.8 Å². The Kier molecular flexibility index (Phi) is 3.64. The van der Waals surface area contributed by atoms with Crippen LogP contribution in [0, 0.1) is 6.92 Å². The van der Waals surface area contributed by atoms with Gasteiger partial charge in [0.25, 0.3) is 0 Å². The minimum atomic E-state index is 0.230. The van der Waals surface area contributed by atoms with Crippen LogP contribution in [-0.2, 0) is 0 Å². The first-order valence-corrected chi connectivity index (χ1v) is 9.53. The van der Waals surface area contributed by atoms with E-state index >= 15 is 0 Å². The van der Waals surface area contributed by atoms with Crippen molar-refractivity contribution in [3.63, 3.8) is 0 Å². The van der Waals surface area contributed by atoms with E-state index in [0.29, 0.717) is 0 Å². The van der Waals surface area contributed by atoms with Gasteiger partial charge in [0, 0.05) is 5.69 Å². The first-order valence-electron chi connectivity index (χ1n) is 8.65. The van der Waals surface area contributed by atoms with Crippen molar-refractivity contribution in [2.45, 2.75) is 17.3 Å². The van der Waals surface area contributed by atoms with Crippen molar-refractivity contribution in [1.82, 2.24) is 14.8 Å². The lowest BCUT2D eigenvalue weighted by atomic mass is 10.1. The minimum absolute atomic E-state index is 0.230. The molecule has 26 heavy (non-hydrogen) atoms. The van der Waals surface area contributed by atoms with Gasteiger partial charge in [-0.25, -0.2) is 0 Å². The van der Waals surface area contributed by atoms with Gasteiger partial charge in [0.1, 0.15) is 5.82 Å². The second-order valence-electron chi connectivity index (χ2n) is 6.37. The summed E-state index contributed by atoms with van der Waals surface area (Å²) >= 11 is 1.77. The van der Waals surface area contributed by atoms with Crippen LogP contribution in [0.4, 0.5) is 0 Å². The molecule has 0 saturated heterocycles. The van der Waals surface area contributed by atoms with Gasteiger partial charge in [-0.15, -0.1) is 10.2 Å². The average molecular weight is 355 g/mol. The molecule has 1 aromatic heterocycles. The summed E-state index contributed by atoms with van der Waals surface area (Å²) in [6, 6.07) is 27.6. The zero-order chi connectivity index (χ0) is 17.5. The van der Waals surface area contributed by atoms with Crippen LogP contribution in [0.2, 0.25) is 0 Å². The highest BCUT2D eigenvalue weighted by Gasteiger charge is 2.30. The fourth-order valence-corrected chi connectivity index (χ4v) is 4.94. The lowest BCUT2D eigenvalue weighted by Gasteiger charge is -2.14. The van der Waals surface area contributed by atoms with Crippen LogP contribution in [0.1, 0.15) is 22.2 Å². The van der Waals surface area contributed by atoms with Crippen molar-refractivity contribution in [2.75, 3.05) is 0 Å². The first-order chi connectivity index (χ1) is 12.8. The molecule has 0 spiro atoms. The number of hydrogen-bond acceptors (Lipinski definition) is 3. The lowest BCUT2D eigenvalue weighted by molar-refractivity contribution is 0.865. The third-order valence-corrected chi connectivity index (χ3v) is 6.03. The predicted molar refractivity (Wildman–Crippen MR) is 106 cm³/mol. The van der Waals surface area contributed by atoms with Gasteiger partial charge in [0.15, 0.2) is 5.16 Å². The Hall–Kier alpha value is -2.85. The molecule has 0 aliphatic heterocycles. The largest absolute Gasteiger partial charge is 0.274 e. The summed E-state index contributed by atoms with van der Waals surface area (Å²) in [6.07, 6.45) is 0. The molecule has 4 heteroatoms. The van der Waals surface area contributed by atoms with Gasteiger partial charge >= 0.3 is 0 Å². The summed E-state index contributed by atoms with van der Waals surface area (Å²) in [5.74, 6) is 0.901. The van der Waals surface area contributed by atoms with E-state index in [4.69, 9.17) is 0 Å². The summed E-state index contributed by atoms with van der Waals surface area (Å²) in [4.78, 5) is 0. The molecule has 1 aliphatic rings. The number of nitrogens with zero attached hydrogens (tertiary/aromatic N) is 3. The Morgan fingerprint density at radius 1 is 0.731 bits per heavy atom. The van der Waals surface area contributed by atoms with E-state index in [1.165, 1.54) is 22.3 Å². The third-order valence-electron chi connectivity index (χ3n) is 4.81. The summed E-state index contributed by atoms with van der Waals surface area (Å²) in [7, 11) is 0. The van der Waals surface area contributed by atoms with Gasteiger partial charge in [-0.2, -0.15) is 0 Å². The summed E-state index contributed by atoms with van der Waals surface area (Å²) in [5.41, 5.74) is 6.43. The van der Waals surface area contributed by atoms with Crippen LogP contribution in [0.3, 0.4) is 0 Å². The van der Waals surface area contributed by atoms with Gasteiger partial charge < -0.3 is 0 Å². The molecule has 1 aliphatic carbocycles. The molecular weight excluding hydrogens is 338 g/mol. The highest BCUT2D eigenvalue weighted by atomic mass is 32.2. The van der Waals surface area contributed by atoms with E-state index < -0.39 is 0 Å². The van der Waals surface area contributed by atoms with Crippen LogP contribution in [-0.4, -0.2) is 14.8 Å². The van der Waals surface area contributed by atoms with E-state index in [9.17, 15) is 0 Å². The Morgan fingerprint density at radius 3 is 1.96 bits per heavy atom. The standard InChI is InChI=1S/C22H17N3S/c1-15-23-24-22(25(15)16-9-3-2-4-10-16)26-21-19-13-7-5-11-17(19)18-12-6-8-14-20(18)21/h2-14,21H,1H3. The molecule has 0 amide bonds. The number of hydrogen-bond donors (Lipinski definition) is 0. The van der Waals surface area contributed by atoms with Crippen LogP contribution >= 0.6 is 11.8 Å². The van der Waals surface area contributed by atoms with Crippen molar-refractivity contribution in [2.24, 2.45) is 0 Å². The topological polar surface area (TPSA) is 30.7 Å². The van der Waals surface area contributed by atoms with Crippen molar-refractivity contribution in [3.8, 4) is 16.8 Å².